The topological polar surface area (TPSA) is 29.1 Å². The van der Waals surface area contributed by atoms with E-state index in [1.807, 2.05) is 0 Å². The Bertz CT molecular complexity index is 262. The van der Waals surface area contributed by atoms with Gasteiger partial charge in [0, 0.05) is 12.3 Å². The van der Waals surface area contributed by atoms with Crippen LogP contribution in [0.2, 0.25) is 0 Å². The van der Waals surface area contributed by atoms with Crippen molar-refractivity contribution in [3.8, 4) is 0 Å². The minimum absolute atomic E-state index is 0.389. The van der Waals surface area contributed by atoms with Crippen LogP contribution in [-0.4, -0.2) is 18.9 Å². The standard InChI is InChI=1S/C16H29NO/c1-12-5-7-14(8-6-12)16(18)10-13(2)15-4-3-9-17-11-15/h12-15,17H,3-11H2,1-2H3. The lowest BCUT2D eigenvalue weighted by molar-refractivity contribution is -0.125. The number of hydrogen-bond donors (Lipinski definition) is 1. The van der Waals surface area contributed by atoms with Crippen LogP contribution in [0.3, 0.4) is 0 Å². The molecule has 1 heterocycles. The molecular weight excluding hydrogens is 222 g/mol. The number of nitrogens with one attached hydrogen (secondary N) is 1. The fourth-order valence-corrected chi connectivity index (χ4v) is 3.60. The zero-order valence-corrected chi connectivity index (χ0v) is 12.1. The van der Waals surface area contributed by atoms with Crippen molar-refractivity contribution >= 4 is 5.78 Å². The number of carbonyl (C=O) groups excluding carboxylic acids is 1. The van der Waals surface area contributed by atoms with Gasteiger partial charge in [0.25, 0.3) is 0 Å². The highest BCUT2D eigenvalue weighted by Gasteiger charge is 2.28. The van der Waals surface area contributed by atoms with E-state index in [9.17, 15) is 4.79 Å². The summed E-state index contributed by atoms with van der Waals surface area (Å²) in [7, 11) is 0. The number of hydrogen-bond acceptors (Lipinski definition) is 2. The molecule has 0 aromatic heterocycles. The summed E-state index contributed by atoms with van der Waals surface area (Å²) in [5.74, 6) is 3.09. The lowest BCUT2D eigenvalue weighted by atomic mass is 9.77. The number of carbonyl (C=O) groups is 1. The zero-order valence-electron chi connectivity index (χ0n) is 12.1. The van der Waals surface area contributed by atoms with Gasteiger partial charge in [0.15, 0.2) is 0 Å². The minimum Gasteiger partial charge on any atom is -0.316 e. The molecule has 2 aliphatic rings. The quantitative estimate of drug-likeness (QED) is 0.829. The SMILES string of the molecule is CC1CCC(C(=O)CC(C)C2CCCNC2)CC1. The van der Waals surface area contributed by atoms with Crippen LogP contribution in [0.15, 0.2) is 0 Å². The molecule has 1 saturated heterocycles. The van der Waals surface area contributed by atoms with E-state index in [0.29, 0.717) is 17.6 Å². The molecule has 2 atom stereocenters. The molecule has 1 aliphatic carbocycles. The van der Waals surface area contributed by atoms with E-state index < -0.39 is 0 Å². The third-order valence-electron chi connectivity index (χ3n) is 5.13. The van der Waals surface area contributed by atoms with E-state index in [-0.39, 0.29) is 0 Å². The highest BCUT2D eigenvalue weighted by Crippen LogP contribution is 2.31. The van der Waals surface area contributed by atoms with E-state index in [1.165, 1.54) is 25.7 Å². The number of rotatable bonds is 4. The van der Waals surface area contributed by atoms with E-state index in [4.69, 9.17) is 0 Å². The van der Waals surface area contributed by atoms with Crippen LogP contribution in [0.1, 0.15) is 58.8 Å². The monoisotopic (exact) mass is 251 g/mol. The number of piperidine rings is 1. The highest BCUT2D eigenvalue weighted by atomic mass is 16.1. The average molecular weight is 251 g/mol. The zero-order chi connectivity index (χ0) is 13.0. The van der Waals surface area contributed by atoms with Gasteiger partial charge >= 0.3 is 0 Å². The molecule has 0 spiro atoms. The third-order valence-corrected chi connectivity index (χ3v) is 5.13. The first kappa shape index (κ1) is 14.0. The molecule has 2 nitrogen and oxygen atoms in total. The summed E-state index contributed by atoms with van der Waals surface area (Å²) in [5.41, 5.74) is 0. The fourth-order valence-electron chi connectivity index (χ4n) is 3.60. The van der Waals surface area contributed by atoms with Crippen molar-refractivity contribution in [3.63, 3.8) is 0 Å². The Morgan fingerprint density at radius 3 is 2.56 bits per heavy atom. The average Bonchev–Trinajstić information content (AvgIpc) is 2.40. The molecule has 0 aromatic carbocycles. The summed E-state index contributed by atoms with van der Waals surface area (Å²) in [6.45, 7) is 6.88. The summed E-state index contributed by atoms with van der Waals surface area (Å²) >= 11 is 0. The Labute approximate surface area is 112 Å². The molecule has 0 radical (unpaired) electrons. The van der Waals surface area contributed by atoms with Crippen molar-refractivity contribution in [2.75, 3.05) is 13.1 Å². The van der Waals surface area contributed by atoms with Crippen LogP contribution < -0.4 is 5.32 Å². The molecule has 1 N–H and O–H groups in total. The van der Waals surface area contributed by atoms with Gasteiger partial charge in [-0.15, -0.1) is 0 Å². The maximum absolute atomic E-state index is 12.3. The van der Waals surface area contributed by atoms with Gasteiger partial charge in [-0.3, -0.25) is 4.79 Å². The van der Waals surface area contributed by atoms with Crippen LogP contribution >= 0.6 is 0 Å². The molecule has 2 rings (SSSR count). The summed E-state index contributed by atoms with van der Waals surface area (Å²) in [5, 5.41) is 3.46. The molecular formula is C16H29NO. The van der Waals surface area contributed by atoms with Crippen molar-refractivity contribution < 1.29 is 4.79 Å². The maximum atomic E-state index is 12.3. The molecule has 1 saturated carbocycles. The minimum atomic E-state index is 0.389. The van der Waals surface area contributed by atoms with Crippen molar-refractivity contribution in [1.29, 1.82) is 0 Å². The molecule has 0 bridgehead atoms. The third kappa shape index (κ3) is 3.81. The van der Waals surface area contributed by atoms with Gasteiger partial charge in [-0.25, -0.2) is 0 Å². The fraction of sp³-hybridized carbons (Fsp3) is 0.938. The van der Waals surface area contributed by atoms with Gasteiger partial charge in [-0.05, 0) is 56.5 Å². The highest BCUT2D eigenvalue weighted by molar-refractivity contribution is 5.81. The number of Topliss-reactive ketones (excluding diaryl/α,β-unsaturated/α-hetero) is 1. The van der Waals surface area contributed by atoms with Crippen LogP contribution in [0.25, 0.3) is 0 Å². The van der Waals surface area contributed by atoms with E-state index >= 15 is 0 Å². The Morgan fingerprint density at radius 2 is 1.94 bits per heavy atom. The predicted molar refractivity (Wildman–Crippen MR) is 75.5 cm³/mol. The predicted octanol–water partition coefficient (Wildman–Crippen LogP) is 3.41. The van der Waals surface area contributed by atoms with Gasteiger partial charge in [0.05, 0.1) is 0 Å². The molecule has 2 unspecified atom stereocenters. The molecule has 2 fully saturated rings. The van der Waals surface area contributed by atoms with Crippen LogP contribution in [0.4, 0.5) is 0 Å². The van der Waals surface area contributed by atoms with Crippen molar-refractivity contribution in [1.82, 2.24) is 5.32 Å². The van der Waals surface area contributed by atoms with Gasteiger partial charge in [-0.1, -0.05) is 26.7 Å². The molecule has 0 aromatic rings. The molecule has 0 amide bonds. The van der Waals surface area contributed by atoms with Crippen LogP contribution in [0, 0.1) is 23.7 Å². The van der Waals surface area contributed by atoms with Gasteiger partial charge in [-0.2, -0.15) is 0 Å². The smallest absolute Gasteiger partial charge is 0.136 e. The summed E-state index contributed by atoms with van der Waals surface area (Å²) in [6.07, 6.45) is 8.23. The summed E-state index contributed by atoms with van der Waals surface area (Å²) in [4.78, 5) is 12.3. The second-order valence-electron chi connectivity index (χ2n) is 6.71. The second kappa shape index (κ2) is 6.70. The molecule has 18 heavy (non-hydrogen) atoms. The molecule has 1 aliphatic heterocycles. The lowest BCUT2D eigenvalue weighted by Gasteiger charge is -2.30. The van der Waals surface area contributed by atoms with Gasteiger partial charge in [0.1, 0.15) is 5.78 Å². The normalized spacial score (nSPS) is 35.1. The Hall–Kier alpha value is -0.370. The largest absolute Gasteiger partial charge is 0.316 e. The Morgan fingerprint density at radius 1 is 1.22 bits per heavy atom. The van der Waals surface area contributed by atoms with Crippen LogP contribution in [-0.2, 0) is 4.79 Å². The van der Waals surface area contributed by atoms with Crippen molar-refractivity contribution in [2.24, 2.45) is 23.7 Å². The van der Waals surface area contributed by atoms with Gasteiger partial charge in [0.2, 0.25) is 0 Å². The second-order valence-corrected chi connectivity index (χ2v) is 6.71. The summed E-state index contributed by atoms with van der Waals surface area (Å²) < 4.78 is 0. The Balaban J connectivity index is 1.75. The van der Waals surface area contributed by atoms with Crippen LogP contribution in [0.5, 0.6) is 0 Å². The first-order valence-electron chi connectivity index (χ1n) is 7.90. The van der Waals surface area contributed by atoms with E-state index in [2.05, 4.69) is 19.2 Å². The molecule has 2 heteroatoms. The first-order chi connectivity index (χ1) is 8.66. The molecule has 104 valence electrons. The van der Waals surface area contributed by atoms with Gasteiger partial charge < -0.3 is 5.32 Å². The lowest BCUT2D eigenvalue weighted by Crippen LogP contribution is -2.34. The first-order valence-corrected chi connectivity index (χ1v) is 7.90. The van der Waals surface area contributed by atoms with Crippen molar-refractivity contribution in [2.45, 2.75) is 58.8 Å². The Kier molecular flexibility index (Phi) is 5.23. The maximum Gasteiger partial charge on any atom is 0.136 e. The van der Waals surface area contributed by atoms with E-state index in [1.54, 1.807) is 0 Å². The summed E-state index contributed by atoms with van der Waals surface area (Å²) in [6, 6.07) is 0. The van der Waals surface area contributed by atoms with E-state index in [0.717, 1.165) is 44.2 Å². The van der Waals surface area contributed by atoms with Crippen molar-refractivity contribution in [3.05, 3.63) is 0 Å². The number of ketones is 1.